The van der Waals surface area contributed by atoms with Crippen LogP contribution in [0.2, 0.25) is 0 Å². The van der Waals surface area contributed by atoms with Crippen molar-refractivity contribution < 1.29 is 9.53 Å². The molecule has 0 aromatic rings. The Kier molecular flexibility index (Phi) is 1.75. The minimum atomic E-state index is -0.0591. The Labute approximate surface area is 71.9 Å². The molecule has 0 amide bonds. The van der Waals surface area contributed by atoms with Crippen molar-refractivity contribution in [2.24, 2.45) is 11.8 Å². The maximum absolute atomic E-state index is 11.2. The lowest BCUT2D eigenvalue weighted by atomic mass is 9.86. The quantitative estimate of drug-likeness (QED) is 0.509. The Morgan fingerprint density at radius 2 is 2.17 bits per heavy atom. The van der Waals surface area contributed by atoms with E-state index in [1.54, 1.807) is 0 Å². The molecule has 1 aliphatic carbocycles. The third-order valence-corrected chi connectivity index (χ3v) is 2.47. The highest BCUT2D eigenvalue weighted by Crippen LogP contribution is 2.29. The van der Waals surface area contributed by atoms with Crippen molar-refractivity contribution >= 4 is 5.97 Å². The van der Waals surface area contributed by atoms with E-state index in [-0.39, 0.29) is 18.0 Å². The van der Waals surface area contributed by atoms with Crippen molar-refractivity contribution in [1.82, 2.24) is 0 Å². The number of allylic oxidation sites excluding steroid dienone is 2. The molecule has 0 saturated carbocycles. The lowest BCUT2D eigenvalue weighted by Crippen LogP contribution is -2.35. The number of esters is 1. The Hall–Kier alpha value is -1.05. The molecule has 3 unspecified atom stereocenters. The zero-order valence-corrected chi connectivity index (χ0v) is 7.07. The molecule has 0 N–H and O–H groups in total. The highest BCUT2D eigenvalue weighted by molar-refractivity contribution is 5.73. The fraction of sp³-hybridized carbons (Fsp3) is 0.500. The van der Waals surface area contributed by atoms with E-state index in [4.69, 9.17) is 4.74 Å². The first-order valence-electron chi connectivity index (χ1n) is 4.33. The van der Waals surface area contributed by atoms with Crippen LogP contribution in [-0.2, 0) is 9.53 Å². The molecule has 1 heterocycles. The molecule has 12 heavy (non-hydrogen) atoms. The standard InChI is InChI=1S/C10H12O2/c1-7-6-8-4-2-3-5-9(8)12-10(7)11/h2-5,7-9H,6H2,1H3. The van der Waals surface area contributed by atoms with Gasteiger partial charge in [-0.05, 0) is 12.5 Å². The smallest absolute Gasteiger partial charge is 0.309 e. The van der Waals surface area contributed by atoms with Crippen LogP contribution in [0.4, 0.5) is 0 Å². The van der Waals surface area contributed by atoms with Crippen LogP contribution < -0.4 is 0 Å². The molecule has 0 radical (unpaired) electrons. The zero-order valence-electron chi connectivity index (χ0n) is 7.07. The van der Waals surface area contributed by atoms with Gasteiger partial charge in [0, 0.05) is 5.92 Å². The first-order chi connectivity index (χ1) is 5.77. The average molecular weight is 164 g/mol. The van der Waals surface area contributed by atoms with Crippen LogP contribution in [0, 0.1) is 11.8 Å². The van der Waals surface area contributed by atoms with Crippen molar-refractivity contribution in [3.63, 3.8) is 0 Å². The second-order valence-corrected chi connectivity index (χ2v) is 3.47. The molecule has 1 aliphatic heterocycles. The van der Waals surface area contributed by atoms with E-state index in [1.165, 1.54) is 0 Å². The van der Waals surface area contributed by atoms with Gasteiger partial charge in [0.2, 0.25) is 0 Å². The summed E-state index contributed by atoms with van der Waals surface area (Å²) in [6.07, 6.45) is 8.95. The molecular formula is C10H12O2. The van der Waals surface area contributed by atoms with Crippen molar-refractivity contribution in [3.8, 4) is 0 Å². The van der Waals surface area contributed by atoms with Crippen LogP contribution >= 0.6 is 0 Å². The Morgan fingerprint density at radius 1 is 1.42 bits per heavy atom. The molecule has 2 heteroatoms. The molecule has 1 saturated heterocycles. The topological polar surface area (TPSA) is 26.3 Å². The monoisotopic (exact) mass is 164 g/mol. The highest BCUT2D eigenvalue weighted by atomic mass is 16.5. The molecule has 0 bridgehead atoms. The van der Waals surface area contributed by atoms with Gasteiger partial charge in [-0.15, -0.1) is 0 Å². The van der Waals surface area contributed by atoms with Gasteiger partial charge in [-0.25, -0.2) is 0 Å². The van der Waals surface area contributed by atoms with E-state index in [0.29, 0.717) is 5.92 Å². The van der Waals surface area contributed by atoms with Crippen LogP contribution in [0.5, 0.6) is 0 Å². The molecule has 3 atom stereocenters. The van der Waals surface area contributed by atoms with Crippen molar-refractivity contribution in [3.05, 3.63) is 24.3 Å². The molecule has 0 aromatic heterocycles. The van der Waals surface area contributed by atoms with Gasteiger partial charge in [-0.3, -0.25) is 4.79 Å². The largest absolute Gasteiger partial charge is 0.457 e. The number of carbonyl (C=O) groups excluding carboxylic acids is 1. The van der Waals surface area contributed by atoms with Gasteiger partial charge in [0.1, 0.15) is 6.10 Å². The third kappa shape index (κ3) is 1.17. The molecule has 2 rings (SSSR count). The van der Waals surface area contributed by atoms with Crippen LogP contribution in [0.15, 0.2) is 24.3 Å². The van der Waals surface area contributed by atoms with Gasteiger partial charge >= 0.3 is 5.97 Å². The van der Waals surface area contributed by atoms with Crippen LogP contribution in [0.3, 0.4) is 0 Å². The maximum atomic E-state index is 11.2. The first-order valence-corrected chi connectivity index (χ1v) is 4.33. The molecule has 64 valence electrons. The fourth-order valence-corrected chi connectivity index (χ4v) is 1.73. The Morgan fingerprint density at radius 3 is 3.00 bits per heavy atom. The highest BCUT2D eigenvalue weighted by Gasteiger charge is 2.32. The van der Waals surface area contributed by atoms with E-state index in [1.807, 2.05) is 25.2 Å². The summed E-state index contributed by atoms with van der Waals surface area (Å²) < 4.78 is 5.23. The summed E-state index contributed by atoms with van der Waals surface area (Å²) in [4.78, 5) is 11.2. The van der Waals surface area contributed by atoms with Gasteiger partial charge in [0.05, 0.1) is 5.92 Å². The summed E-state index contributed by atoms with van der Waals surface area (Å²) in [7, 11) is 0. The van der Waals surface area contributed by atoms with E-state index < -0.39 is 0 Å². The predicted molar refractivity (Wildman–Crippen MR) is 45.4 cm³/mol. The number of hydrogen-bond donors (Lipinski definition) is 0. The minimum Gasteiger partial charge on any atom is -0.457 e. The summed E-state index contributed by atoms with van der Waals surface area (Å²) >= 11 is 0. The summed E-state index contributed by atoms with van der Waals surface area (Å²) in [6, 6.07) is 0. The summed E-state index contributed by atoms with van der Waals surface area (Å²) in [5.41, 5.74) is 0. The predicted octanol–water partition coefficient (Wildman–Crippen LogP) is 1.68. The maximum Gasteiger partial charge on any atom is 0.309 e. The van der Waals surface area contributed by atoms with E-state index in [0.717, 1.165) is 6.42 Å². The zero-order chi connectivity index (χ0) is 8.55. The molecule has 0 aromatic carbocycles. The number of rotatable bonds is 0. The van der Waals surface area contributed by atoms with Crippen molar-refractivity contribution in [1.29, 1.82) is 0 Å². The fourth-order valence-electron chi connectivity index (χ4n) is 1.73. The summed E-state index contributed by atoms with van der Waals surface area (Å²) in [6.45, 7) is 1.92. The normalized spacial score (nSPS) is 39.1. The van der Waals surface area contributed by atoms with Crippen LogP contribution in [0.25, 0.3) is 0 Å². The van der Waals surface area contributed by atoms with Crippen LogP contribution in [-0.4, -0.2) is 12.1 Å². The lowest BCUT2D eigenvalue weighted by molar-refractivity contribution is -0.159. The SMILES string of the molecule is CC1CC2C=CC=CC2OC1=O. The third-order valence-electron chi connectivity index (χ3n) is 2.47. The van der Waals surface area contributed by atoms with Crippen LogP contribution in [0.1, 0.15) is 13.3 Å². The van der Waals surface area contributed by atoms with Gasteiger partial charge in [0.25, 0.3) is 0 Å². The lowest BCUT2D eigenvalue weighted by Gasteiger charge is -2.31. The van der Waals surface area contributed by atoms with Gasteiger partial charge < -0.3 is 4.74 Å². The Balaban J connectivity index is 2.14. The molecule has 2 aliphatic rings. The van der Waals surface area contributed by atoms with E-state index >= 15 is 0 Å². The average Bonchev–Trinajstić information content (AvgIpc) is 2.07. The number of carbonyl (C=O) groups is 1. The Bertz CT molecular complexity index is 253. The first kappa shape index (κ1) is 7.59. The molecule has 2 nitrogen and oxygen atoms in total. The molecule has 0 spiro atoms. The summed E-state index contributed by atoms with van der Waals surface area (Å²) in [5.74, 6) is 0.404. The summed E-state index contributed by atoms with van der Waals surface area (Å²) in [5, 5.41) is 0. The van der Waals surface area contributed by atoms with Gasteiger partial charge in [-0.1, -0.05) is 25.2 Å². The van der Waals surface area contributed by atoms with Crippen molar-refractivity contribution in [2.75, 3.05) is 0 Å². The second-order valence-electron chi connectivity index (χ2n) is 3.47. The second kappa shape index (κ2) is 2.77. The van der Waals surface area contributed by atoms with E-state index in [2.05, 4.69) is 6.08 Å². The molecular weight excluding hydrogens is 152 g/mol. The minimum absolute atomic E-state index is 0.00120. The molecule has 1 fully saturated rings. The van der Waals surface area contributed by atoms with Crippen molar-refractivity contribution in [2.45, 2.75) is 19.4 Å². The number of hydrogen-bond acceptors (Lipinski definition) is 2. The van der Waals surface area contributed by atoms with Gasteiger partial charge in [0.15, 0.2) is 0 Å². The van der Waals surface area contributed by atoms with E-state index in [9.17, 15) is 4.79 Å². The number of fused-ring (bicyclic) bond motifs is 1. The number of ether oxygens (including phenoxy) is 1. The van der Waals surface area contributed by atoms with Gasteiger partial charge in [-0.2, -0.15) is 0 Å².